The molecule has 0 amide bonds. The molecule has 4 saturated carbocycles. The normalized spacial score (nSPS) is 36.5. The molecule has 5 heteroatoms. The highest BCUT2D eigenvalue weighted by Crippen LogP contribution is 2.55. The van der Waals surface area contributed by atoms with Crippen molar-refractivity contribution in [2.24, 2.45) is 17.8 Å². The molecule has 118 valence electrons. The van der Waals surface area contributed by atoms with Gasteiger partial charge in [-0.1, -0.05) is 12.1 Å². The standard InChI is InChI=1S/C17H21NO3S/c19-11-12-1-3-16(4-2-12)22(20,21)18-17-8-13-5-14(9-17)7-15(6-13)10-17/h1-4,11,13-15,18H,5-10H2/t13-,14+,15-,17-. The fourth-order valence-electron chi connectivity index (χ4n) is 5.31. The lowest BCUT2D eigenvalue weighted by molar-refractivity contribution is -0.00810. The van der Waals surface area contributed by atoms with E-state index in [0.717, 1.165) is 25.5 Å². The molecular weight excluding hydrogens is 298 g/mol. The highest BCUT2D eigenvalue weighted by molar-refractivity contribution is 7.89. The minimum atomic E-state index is -3.51. The third-order valence-corrected chi connectivity index (χ3v) is 7.31. The third-order valence-electron chi connectivity index (χ3n) is 5.72. The second-order valence-electron chi connectivity index (χ2n) is 7.49. The summed E-state index contributed by atoms with van der Waals surface area (Å²) in [6, 6.07) is 6.15. The fraction of sp³-hybridized carbons (Fsp3) is 0.588. The van der Waals surface area contributed by atoms with E-state index in [4.69, 9.17) is 0 Å². The Balaban J connectivity index is 1.60. The Morgan fingerprint density at radius 2 is 1.45 bits per heavy atom. The van der Waals surface area contributed by atoms with Gasteiger partial charge in [0.15, 0.2) is 0 Å². The van der Waals surface area contributed by atoms with Crippen LogP contribution in [0.2, 0.25) is 0 Å². The Labute approximate surface area is 131 Å². The molecule has 0 spiro atoms. The molecule has 4 fully saturated rings. The Morgan fingerprint density at radius 3 is 1.91 bits per heavy atom. The van der Waals surface area contributed by atoms with E-state index in [-0.39, 0.29) is 10.4 Å². The lowest BCUT2D eigenvalue weighted by Crippen LogP contribution is -2.59. The maximum absolute atomic E-state index is 12.7. The molecule has 1 aromatic carbocycles. The SMILES string of the molecule is O=Cc1ccc(S(=O)(=O)N[C@]23C[C@H]4C[C@H](C[C@H](C4)C2)C3)cc1. The number of aldehydes is 1. The first-order chi connectivity index (χ1) is 10.5. The van der Waals surface area contributed by atoms with Crippen LogP contribution in [0.1, 0.15) is 48.9 Å². The summed E-state index contributed by atoms with van der Waals surface area (Å²) < 4.78 is 28.5. The van der Waals surface area contributed by atoms with Crippen molar-refractivity contribution in [1.29, 1.82) is 0 Å². The molecule has 0 saturated heterocycles. The number of hydrogen-bond donors (Lipinski definition) is 1. The minimum absolute atomic E-state index is 0.225. The van der Waals surface area contributed by atoms with Gasteiger partial charge >= 0.3 is 0 Å². The molecule has 4 nitrogen and oxygen atoms in total. The first-order valence-electron chi connectivity index (χ1n) is 8.07. The number of sulfonamides is 1. The van der Waals surface area contributed by atoms with Crippen LogP contribution in [0, 0.1) is 17.8 Å². The van der Waals surface area contributed by atoms with E-state index in [9.17, 15) is 13.2 Å². The van der Waals surface area contributed by atoms with Gasteiger partial charge in [0.1, 0.15) is 6.29 Å². The van der Waals surface area contributed by atoms with Crippen molar-refractivity contribution >= 4 is 16.3 Å². The zero-order chi connectivity index (χ0) is 15.4. The van der Waals surface area contributed by atoms with E-state index in [1.807, 2.05) is 0 Å². The highest BCUT2D eigenvalue weighted by atomic mass is 32.2. The van der Waals surface area contributed by atoms with Crippen LogP contribution in [0.4, 0.5) is 0 Å². The van der Waals surface area contributed by atoms with Crippen LogP contribution in [0.15, 0.2) is 29.2 Å². The van der Waals surface area contributed by atoms with E-state index in [0.29, 0.717) is 23.3 Å². The van der Waals surface area contributed by atoms with Crippen LogP contribution in [0.3, 0.4) is 0 Å². The lowest BCUT2D eigenvalue weighted by Gasteiger charge is -2.56. The Kier molecular flexibility index (Phi) is 3.20. The smallest absolute Gasteiger partial charge is 0.241 e. The summed E-state index contributed by atoms with van der Waals surface area (Å²) in [5, 5.41) is 0. The van der Waals surface area contributed by atoms with Crippen molar-refractivity contribution < 1.29 is 13.2 Å². The van der Waals surface area contributed by atoms with Crippen LogP contribution in [-0.2, 0) is 10.0 Å². The third kappa shape index (κ3) is 2.40. The van der Waals surface area contributed by atoms with Crippen molar-refractivity contribution in [1.82, 2.24) is 4.72 Å². The molecule has 1 N–H and O–H groups in total. The van der Waals surface area contributed by atoms with Gasteiger partial charge in [-0.15, -0.1) is 0 Å². The molecule has 0 unspecified atom stereocenters. The van der Waals surface area contributed by atoms with Gasteiger partial charge in [-0.2, -0.15) is 0 Å². The van der Waals surface area contributed by atoms with E-state index in [1.54, 1.807) is 12.1 Å². The first-order valence-corrected chi connectivity index (χ1v) is 9.56. The van der Waals surface area contributed by atoms with E-state index < -0.39 is 10.0 Å². The zero-order valence-electron chi connectivity index (χ0n) is 12.5. The molecule has 4 aliphatic carbocycles. The Bertz CT molecular complexity index is 658. The number of rotatable bonds is 4. The van der Waals surface area contributed by atoms with Crippen molar-refractivity contribution in [2.75, 3.05) is 0 Å². The van der Waals surface area contributed by atoms with Crippen LogP contribution in [0.5, 0.6) is 0 Å². The van der Waals surface area contributed by atoms with Gasteiger partial charge in [0.05, 0.1) is 4.90 Å². The number of carbonyl (C=O) groups is 1. The molecule has 0 radical (unpaired) electrons. The molecule has 22 heavy (non-hydrogen) atoms. The predicted molar refractivity (Wildman–Crippen MR) is 83.1 cm³/mol. The lowest BCUT2D eigenvalue weighted by atomic mass is 9.53. The van der Waals surface area contributed by atoms with Gasteiger partial charge in [-0.05, 0) is 68.4 Å². The van der Waals surface area contributed by atoms with E-state index in [1.165, 1.54) is 31.4 Å². The van der Waals surface area contributed by atoms with Gasteiger partial charge in [0, 0.05) is 11.1 Å². The summed E-state index contributed by atoms with van der Waals surface area (Å²) >= 11 is 0. The summed E-state index contributed by atoms with van der Waals surface area (Å²) in [4.78, 5) is 11.0. The largest absolute Gasteiger partial charge is 0.298 e. The molecule has 0 aromatic heterocycles. The molecule has 1 aromatic rings. The highest BCUT2D eigenvalue weighted by Gasteiger charge is 2.52. The van der Waals surface area contributed by atoms with Gasteiger partial charge in [0.2, 0.25) is 10.0 Å². The van der Waals surface area contributed by atoms with Gasteiger partial charge in [0.25, 0.3) is 0 Å². The Hall–Kier alpha value is -1.20. The molecule has 0 heterocycles. The zero-order valence-corrected chi connectivity index (χ0v) is 13.3. The number of nitrogens with one attached hydrogen (secondary N) is 1. The van der Waals surface area contributed by atoms with Gasteiger partial charge in [-0.3, -0.25) is 4.79 Å². The quantitative estimate of drug-likeness (QED) is 0.868. The summed E-state index contributed by atoms with van der Waals surface area (Å²) in [5.41, 5.74) is 0.269. The van der Waals surface area contributed by atoms with Crippen LogP contribution >= 0.6 is 0 Å². The Morgan fingerprint density at radius 1 is 0.955 bits per heavy atom. The summed E-state index contributed by atoms with van der Waals surface area (Å²) in [6.07, 6.45) is 7.56. The summed E-state index contributed by atoms with van der Waals surface area (Å²) in [7, 11) is -3.51. The average molecular weight is 319 g/mol. The topological polar surface area (TPSA) is 63.2 Å². The monoisotopic (exact) mass is 319 g/mol. The maximum atomic E-state index is 12.7. The van der Waals surface area contributed by atoms with Crippen molar-refractivity contribution in [3.05, 3.63) is 29.8 Å². The van der Waals surface area contributed by atoms with Crippen molar-refractivity contribution in [3.8, 4) is 0 Å². The molecule has 0 aliphatic heterocycles. The van der Waals surface area contributed by atoms with E-state index >= 15 is 0 Å². The van der Waals surface area contributed by atoms with E-state index in [2.05, 4.69) is 4.72 Å². The second kappa shape index (κ2) is 4.90. The van der Waals surface area contributed by atoms with Crippen LogP contribution < -0.4 is 4.72 Å². The van der Waals surface area contributed by atoms with Gasteiger partial charge in [-0.25, -0.2) is 13.1 Å². The number of carbonyl (C=O) groups excluding carboxylic acids is 1. The van der Waals surface area contributed by atoms with Crippen LogP contribution in [0.25, 0.3) is 0 Å². The minimum Gasteiger partial charge on any atom is -0.298 e. The predicted octanol–water partition coefficient (Wildman–Crippen LogP) is 2.75. The molecular formula is C17H21NO3S. The molecule has 4 bridgehead atoms. The average Bonchev–Trinajstić information content (AvgIpc) is 2.44. The molecule has 0 atom stereocenters. The van der Waals surface area contributed by atoms with Gasteiger partial charge < -0.3 is 0 Å². The van der Waals surface area contributed by atoms with Crippen molar-refractivity contribution in [3.63, 3.8) is 0 Å². The summed E-state index contributed by atoms with van der Waals surface area (Å²) in [5.74, 6) is 2.10. The summed E-state index contributed by atoms with van der Waals surface area (Å²) in [6.45, 7) is 0. The fourth-order valence-corrected chi connectivity index (χ4v) is 6.74. The molecule has 5 rings (SSSR count). The maximum Gasteiger partial charge on any atom is 0.241 e. The number of benzene rings is 1. The molecule has 4 aliphatic rings. The second-order valence-corrected chi connectivity index (χ2v) is 9.17. The van der Waals surface area contributed by atoms with Crippen LogP contribution in [-0.4, -0.2) is 20.2 Å². The number of hydrogen-bond acceptors (Lipinski definition) is 3. The van der Waals surface area contributed by atoms with Crippen molar-refractivity contribution in [2.45, 2.75) is 49.0 Å². The first kappa shape index (κ1) is 14.4.